The van der Waals surface area contributed by atoms with Gasteiger partial charge in [0.05, 0.1) is 6.10 Å². The van der Waals surface area contributed by atoms with Crippen molar-refractivity contribution in [3.8, 4) is 0 Å². The van der Waals surface area contributed by atoms with Crippen molar-refractivity contribution in [2.24, 2.45) is 0 Å². The van der Waals surface area contributed by atoms with E-state index in [4.69, 9.17) is 0 Å². The fraction of sp³-hybridized carbons (Fsp3) is 0.471. The second-order valence-electron chi connectivity index (χ2n) is 5.71. The van der Waals surface area contributed by atoms with Gasteiger partial charge >= 0.3 is 6.03 Å². The van der Waals surface area contributed by atoms with Crippen LogP contribution in [0.3, 0.4) is 0 Å². The maximum absolute atomic E-state index is 11.9. The highest BCUT2D eigenvalue weighted by atomic mass is 16.3. The topological polar surface area (TPSA) is 57.5 Å². The average molecular weight is 303 g/mol. The van der Waals surface area contributed by atoms with Crippen LogP contribution in [-0.4, -0.2) is 46.8 Å². The number of amides is 2. The fourth-order valence-corrected chi connectivity index (χ4v) is 2.40. The van der Waals surface area contributed by atoms with Gasteiger partial charge in [-0.3, -0.25) is 0 Å². The van der Waals surface area contributed by atoms with Crippen LogP contribution in [0.5, 0.6) is 0 Å². The number of carbonyl (C=O) groups excluding carboxylic acids is 1. The lowest BCUT2D eigenvalue weighted by molar-refractivity contribution is 0.163. The summed E-state index contributed by atoms with van der Waals surface area (Å²) >= 11 is 0. The molecule has 5 heteroatoms. The third-order valence-electron chi connectivity index (χ3n) is 3.76. The van der Waals surface area contributed by atoms with E-state index in [9.17, 15) is 9.90 Å². The van der Waals surface area contributed by atoms with Crippen molar-refractivity contribution < 1.29 is 9.90 Å². The zero-order chi connectivity index (χ0) is 15.9. The summed E-state index contributed by atoms with van der Waals surface area (Å²) in [6.45, 7) is 3.81. The fourth-order valence-electron chi connectivity index (χ4n) is 2.40. The van der Waals surface area contributed by atoms with Crippen molar-refractivity contribution in [2.75, 3.05) is 20.1 Å². The minimum atomic E-state index is -0.378. The molecule has 1 atom stereocenters. The van der Waals surface area contributed by atoms with Crippen LogP contribution >= 0.6 is 0 Å². The molecule has 1 aromatic heterocycles. The molecular weight excluding hydrogens is 278 g/mol. The molecule has 0 aliphatic rings. The summed E-state index contributed by atoms with van der Waals surface area (Å²) in [4.78, 5) is 13.5. The Morgan fingerprint density at radius 3 is 2.91 bits per heavy atom. The molecule has 0 aliphatic carbocycles. The lowest BCUT2D eigenvalue weighted by Gasteiger charge is -2.18. The third-order valence-corrected chi connectivity index (χ3v) is 3.76. The Hall–Kier alpha value is -2.01. The molecular formula is C17H25N3O2. The largest absolute Gasteiger partial charge is 0.393 e. The number of rotatable bonds is 7. The van der Waals surface area contributed by atoms with E-state index in [-0.39, 0.29) is 12.1 Å². The maximum atomic E-state index is 11.9. The second kappa shape index (κ2) is 7.84. The third kappa shape index (κ3) is 4.49. The van der Waals surface area contributed by atoms with Crippen molar-refractivity contribution in [2.45, 2.75) is 32.4 Å². The van der Waals surface area contributed by atoms with E-state index in [0.717, 1.165) is 13.0 Å². The first-order valence-electron chi connectivity index (χ1n) is 7.79. The van der Waals surface area contributed by atoms with Crippen molar-refractivity contribution in [3.05, 3.63) is 36.5 Å². The summed E-state index contributed by atoms with van der Waals surface area (Å²) in [6.07, 6.45) is 3.19. The Kier molecular flexibility index (Phi) is 5.83. The van der Waals surface area contributed by atoms with Gasteiger partial charge in [0.15, 0.2) is 0 Å². The maximum Gasteiger partial charge on any atom is 0.317 e. The van der Waals surface area contributed by atoms with Crippen LogP contribution in [-0.2, 0) is 6.54 Å². The monoisotopic (exact) mass is 303 g/mol. The zero-order valence-corrected chi connectivity index (χ0v) is 13.3. The van der Waals surface area contributed by atoms with E-state index in [1.54, 1.807) is 18.9 Å². The van der Waals surface area contributed by atoms with Gasteiger partial charge in [0.2, 0.25) is 0 Å². The summed E-state index contributed by atoms with van der Waals surface area (Å²) in [6, 6.07) is 10.3. The number of nitrogens with zero attached hydrogens (tertiary/aromatic N) is 2. The van der Waals surface area contributed by atoms with Crippen LogP contribution in [0.15, 0.2) is 36.5 Å². The minimum Gasteiger partial charge on any atom is -0.393 e. The number of hydrogen-bond donors (Lipinski definition) is 2. The predicted octanol–water partition coefficient (Wildman–Crippen LogP) is 2.44. The molecule has 5 nitrogen and oxygen atoms in total. The molecule has 0 saturated carbocycles. The molecule has 2 N–H and O–H groups in total. The summed E-state index contributed by atoms with van der Waals surface area (Å²) in [5.74, 6) is 0. The van der Waals surface area contributed by atoms with Crippen molar-refractivity contribution >= 4 is 16.9 Å². The predicted molar refractivity (Wildman–Crippen MR) is 88.9 cm³/mol. The van der Waals surface area contributed by atoms with E-state index in [0.29, 0.717) is 19.5 Å². The van der Waals surface area contributed by atoms with E-state index >= 15 is 0 Å². The van der Waals surface area contributed by atoms with Gasteiger partial charge in [0.1, 0.15) is 0 Å². The van der Waals surface area contributed by atoms with Gasteiger partial charge in [0.25, 0.3) is 0 Å². The Morgan fingerprint density at radius 2 is 2.14 bits per heavy atom. The molecule has 1 aromatic carbocycles. The van der Waals surface area contributed by atoms with Gasteiger partial charge in [-0.25, -0.2) is 4.79 Å². The summed E-state index contributed by atoms with van der Waals surface area (Å²) in [5, 5.41) is 13.4. The molecule has 0 fully saturated rings. The number of para-hydroxylation sites is 1. The number of nitrogens with one attached hydrogen (secondary N) is 1. The number of fused-ring (bicyclic) bond motifs is 1. The van der Waals surface area contributed by atoms with E-state index in [1.165, 1.54) is 10.9 Å². The lowest BCUT2D eigenvalue weighted by atomic mass is 10.2. The molecule has 2 aromatic rings. The van der Waals surface area contributed by atoms with E-state index in [2.05, 4.69) is 34.3 Å². The summed E-state index contributed by atoms with van der Waals surface area (Å²) in [7, 11) is 1.75. The lowest BCUT2D eigenvalue weighted by Crippen LogP contribution is -2.39. The molecule has 0 bridgehead atoms. The number of aliphatic hydroxyl groups is 1. The van der Waals surface area contributed by atoms with Gasteiger partial charge in [-0.05, 0) is 37.3 Å². The molecule has 22 heavy (non-hydrogen) atoms. The van der Waals surface area contributed by atoms with Gasteiger partial charge in [0, 0.05) is 38.4 Å². The number of aliphatic hydroxyl groups excluding tert-OH is 1. The van der Waals surface area contributed by atoms with Gasteiger partial charge in [-0.2, -0.15) is 0 Å². The van der Waals surface area contributed by atoms with Crippen molar-refractivity contribution in [1.29, 1.82) is 0 Å². The van der Waals surface area contributed by atoms with Crippen LogP contribution < -0.4 is 5.32 Å². The number of benzene rings is 1. The number of hydrogen-bond acceptors (Lipinski definition) is 2. The molecule has 0 spiro atoms. The Balaban J connectivity index is 1.72. The first-order valence-corrected chi connectivity index (χ1v) is 7.79. The van der Waals surface area contributed by atoms with E-state index in [1.807, 2.05) is 12.1 Å². The molecule has 1 unspecified atom stereocenters. The smallest absolute Gasteiger partial charge is 0.317 e. The van der Waals surface area contributed by atoms with Crippen LogP contribution in [0.25, 0.3) is 10.9 Å². The van der Waals surface area contributed by atoms with Gasteiger partial charge in [-0.1, -0.05) is 18.2 Å². The van der Waals surface area contributed by atoms with Crippen LogP contribution in [0.4, 0.5) is 4.79 Å². The molecule has 120 valence electrons. The quantitative estimate of drug-likeness (QED) is 0.772. The first kappa shape index (κ1) is 16.4. The molecule has 0 radical (unpaired) electrons. The van der Waals surface area contributed by atoms with Gasteiger partial charge in [-0.15, -0.1) is 0 Å². The molecule has 0 saturated heterocycles. The number of aromatic nitrogens is 1. The first-order chi connectivity index (χ1) is 10.6. The number of aryl methyl sites for hydroxylation is 1. The summed E-state index contributed by atoms with van der Waals surface area (Å²) in [5.41, 5.74) is 1.22. The Labute approximate surface area is 131 Å². The van der Waals surface area contributed by atoms with Crippen molar-refractivity contribution in [3.63, 3.8) is 0 Å². The standard InChI is InChI=1S/C17H25N3O2/c1-14(21)8-12-19(2)17(22)18-10-5-11-20-13-9-15-6-3-4-7-16(15)20/h3-4,6-7,9,13-14,21H,5,8,10-12H2,1-2H3,(H,18,22). The average Bonchev–Trinajstić information content (AvgIpc) is 2.92. The van der Waals surface area contributed by atoms with Crippen molar-refractivity contribution in [1.82, 2.24) is 14.8 Å². The minimum absolute atomic E-state index is 0.0852. The Morgan fingerprint density at radius 1 is 1.36 bits per heavy atom. The summed E-state index contributed by atoms with van der Waals surface area (Å²) < 4.78 is 2.21. The zero-order valence-electron chi connectivity index (χ0n) is 13.3. The van der Waals surface area contributed by atoms with Crippen LogP contribution in [0, 0.1) is 0 Å². The SMILES string of the molecule is CC(O)CCN(C)C(=O)NCCCn1ccc2ccccc21. The highest BCUT2D eigenvalue weighted by molar-refractivity contribution is 5.79. The van der Waals surface area contributed by atoms with Gasteiger partial charge < -0.3 is 19.9 Å². The molecule has 2 rings (SSSR count). The Bertz CT molecular complexity index is 607. The number of carbonyl (C=O) groups is 1. The molecule has 0 aliphatic heterocycles. The molecule has 1 heterocycles. The van der Waals surface area contributed by atoms with Crippen LogP contribution in [0.1, 0.15) is 19.8 Å². The van der Waals surface area contributed by atoms with E-state index < -0.39 is 0 Å². The second-order valence-corrected chi connectivity index (χ2v) is 5.71. The molecule has 2 amide bonds. The normalized spacial score (nSPS) is 12.3. The number of urea groups is 1. The highest BCUT2D eigenvalue weighted by Gasteiger charge is 2.08. The van der Waals surface area contributed by atoms with Crippen LogP contribution in [0.2, 0.25) is 0 Å². The highest BCUT2D eigenvalue weighted by Crippen LogP contribution is 2.15.